The van der Waals surface area contributed by atoms with E-state index in [9.17, 15) is 20.4 Å². The van der Waals surface area contributed by atoms with Crippen LogP contribution in [-0.2, 0) is 4.74 Å². The number of nitrogens with zero attached hydrogens (tertiary/aromatic N) is 3. The molecule has 9 aromatic rings. The standard InChI is InChI=1S/C28H31BrN2O.C27H27BrO.C27H29NO3/c1-30-17-19-31(20-18-30)26-15-11-24(12-16-26)28(23-9-13-25(29)14-10-23)27(8-5-21-32)22-6-3-2-4-7-22;28-25-17-15-24(16-18-25)27(23-13-11-21(12-14-23)20-8-4-9-20)26(10-5-19-29)22-6-2-1-3-7-22;29-18-4-7-26(21-5-2-1-3-6-21)27(23-10-14-25(30)15-11-23)22-8-12-24(13-9-22)28-16-19-31-20-17-28/h2-4,6-7,9-16,32H,5,8,17-21H2,1H3;1-3,6-7,11-18,20,29H,4-5,8-10,19H2;1-3,5-6,8-15,29-30H,4,7,16-20H2/b28-27-;2*27-26+. The molecule has 0 unspecified atom stereocenters. The molecular weight excluding hydrogens is 1270 g/mol. The summed E-state index contributed by atoms with van der Waals surface area (Å²) in [5, 5.41) is 38.5. The van der Waals surface area contributed by atoms with Crippen LogP contribution in [0, 0.1) is 0 Å². The smallest absolute Gasteiger partial charge is 0.115 e. The number of likely N-dealkylation sites (N-methyl/N-ethyl adjacent to an activating group) is 1. The quantitative estimate of drug-likeness (QED) is 0.0528. The first-order valence-corrected chi connectivity index (χ1v) is 34.3. The first-order valence-electron chi connectivity index (χ1n) is 32.7. The van der Waals surface area contributed by atoms with Gasteiger partial charge in [0.2, 0.25) is 0 Å². The van der Waals surface area contributed by atoms with E-state index in [4.69, 9.17) is 4.74 Å². The Kier molecular flexibility index (Phi) is 25.5. The van der Waals surface area contributed by atoms with Crippen molar-refractivity contribution in [2.75, 3.05) is 89.2 Å². The summed E-state index contributed by atoms with van der Waals surface area (Å²) in [5.41, 5.74) is 22.0. The minimum absolute atomic E-state index is 0.148. The molecule has 1 saturated carbocycles. The second-order valence-electron chi connectivity index (χ2n) is 23.9. The molecule has 0 spiro atoms. The Hall–Kier alpha value is -7.64. The SMILES string of the molecule is CN1CCN(c2ccc(/C(=C(/CCCO)c3ccccc3)c3ccc(Br)cc3)cc2)CC1.OCCC/C(=C(\c1ccc(Br)cc1)c1ccc(C2CCC2)cc1)c1ccccc1.OCCC/C(=C(\c1ccc(O)cc1)c1ccc(N2CCOCC2)cc1)c1ccccc1. The number of rotatable bonds is 21. The van der Waals surface area contributed by atoms with Crippen molar-refractivity contribution >= 4 is 76.7 Å². The molecule has 8 nitrogen and oxygen atoms in total. The topological polar surface area (TPSA) is 99.9 Å². The minimum Gasteiger partial charge on any atom is -0.508 e. The molecule has 9 aromatic carbocycles. The third-order valence-corrected chi connectivity index (χ3v) is 18.8. The zero-order valence-electron chi connectivity index (χ0n) is 53.0. The molecule has 0 radical (unpaired) electrons. The second-order valence-corrected chi connectivity index (χ2v) is 25.8. The summed E-state index contributed by atoms with van der Waals surface area (Å²) < 4.78 is 7.63. The number of phenols is 1. The summed E-state index contributed by atoms with van der Waals surface area (Å²) in [7, 11) is 2.19. The number of ether oxygens (including phenoxy) is 1. The first kappa shape index (κ1) is 67.3. The number of anilines is 2. The fraction of sp³-hybridized carbons (Fsp3) is 0.268. The van der Waals surface area contributed by atoms with Crippen molar-refractivity contribution in [3.05, 3.63) is 301 Å². The van der Waals surface area contributed by atoms with Crippen molar-refractivity contribution in [1.82, 2.24) is 4.90 Å². The van der Waals surface area contributed by atoms with Gasteiger partial charge in [0, 0.05) is 79.4 Å². The molecule has 3 aliphatic rings. The lowest BCUT2D eigenvalue weighted by Crippen LogP contribution is -2.44. The van der Waals surface area contributed by atoms with Crippen LogP contribution in [0.5, 0.6) is 5.75 Å². The summed E-state index contributed by atoms with van der Waals surface area (Å²) in [6, 6.07) is 82.9. The van der Waals surface area contributed by atoms with Crippen LogP contribution in [0.4, 0.5) is 11.4 Å². The molecule has 92 heavy (non-hydrogen) atoms. The summed E-state index contributed by atoms with van der Waals surface area (Å²) >= 11 is 7.14. The fourth-order valence-corrected chi connectivity index (χ4v) is 13.1. The molecule has 2 heterocycles. The molecular formula is C82H87Br2N3O5. The van der Waals surface area contributed by atoms with Crippen molar-refractivity contribution in [1.29, 1.82) is 0 Å². The first-order chi connectivity index (χ1) is 45.2. The Morgan fingerprint density at radius 3 is 1.02 bits per heavy atom. The van der Waals surface area contributed by atoms with Gasteiger partial charge in [-0.25, -0.2) is 0 Å². The van der Waals surface area contributed by atoms with Crippen LogP contribution in [0.3, 0.4) is 0 Å². The maximum atomic E-state index is 9.82. The van der Waals surface area contributed by atoms with E-state index in [2.05, 4.69) is 248 Å². The van der Waals surface area contributed by atoms with Crippen LogP contribution >= 0.6 is 31.9 Å². The van der Waals surface area contributed by atoms with E-state index in [1.807, 2.05) is 30.3 Å². The number of halogens is 2. The number of hydrogen-bond donors (Lipinski definition) is 4. The number of aliphatic hydroxyl groups is 3. The molecule has 10 heteroatoms. The molecule has 12 rings (SSSR count). The zero-order valence-corrected chi connectivity index (χ0v) is 56.2. The number of aliphatic hydroxyl groups excluding tert-OH is 3. The van der Waals surface area contributed by atoms with E-state index in [0.717, 1.165) is 122 Å². The van der Waals surface area contributed by atoms with E-state index in [1.165, 1.54) is 97.4 Å². The van der Waals surface area contributed by atoms with Gasteiger partial charge in [0.25, 0.3) is 0 Å². The molecule has 2 saturated heterocycles. The number of morpholine rings is 1. The van der Waals surface area contributed by atoms with Crippen LogP contribution in [0.2, 0.25) is 0 Å². The molecule has 474 valence electrons. The fourth-order valence-electron chi connectivity index (χ4n) is 12.6. The number of allylic oxidation sites excluding steroid dienone is 3. The summed E-state index contributed by atoms with van der Waals surface area (Å²) in [6.45, 7) is 8.22. The van der Waals surface area contributed by atoms with Gasteiger partial charge >= 0.3 is 0 Å². The van der Waals surface area contributed by atoms with Crippen molar-refractivity contribution in [3.8, 4) is 5.75 Å². The highest BCUT2D eigenvalue weighted by atomic mass is 79.9. The summed E-state index contributed by atoms with van der Waals surface area (Å²) in [4.78, 5) is 7.20. The Morgan fingerprint density at radius 2 is 0.696 bits per heavy atom. The van der Waals surface area contributed by atoms with E-state index >= 15 is 0 Å². The van der Waals surface area contributed by atoms with E-state index in [-0.39, 0.29) is 25.6 Å². The minimum atomic E-state index is 0.148. The van der Waals surface area contributed by atoms with Crippen LogP contribution in [0.25, 0.3) is 33.4 Å². The van der Waals surface area contributed by atoms with E-state index in [0.29, 0.717) is 6.42 Å². The van der Waals surface area contributed by atoms with Gasteiger partial charge in [-0.05, 0) is 214 Å². The second kappa shape index (κ2) is 34.9. The molecule has 0 bridgehead atoms. The number of piperazine rings is 1. The Morgan fingerprint density at radius 1 is 0.380 bits per heavy atom. The highest BCUT2D eigenvalue weighted by Crippen LogP contribution is 2.41. The highest BCUT2D eigenvalue weighted by molar-refractivity contribution is 9.10. The average molecular weight is 1350 g/mol. The van der Waals surface area contributed by atoms with Crippen LogP contribution in [-0.4, -0.2) is 105 Å². The van der Waals surface area contributed by atoms with Gasteiger partial charge in [-0.3, -0.25) is 0 Å². The number of benzene rings is 9. The molecule has 4 N–H and O–H groups in total. The molecule has 0 aromatic heterocycles. The third-order valence-electron chi connectivity index (χ3n) is 17.8. The Bertz CT molecular complexity index is 3770. The van der Waals surface area contributed by atoms with Crippen molar-refractivity contribution in [2.45, 2.75) is 63.7 Å². The van der Waals surface area contributed by atoms with E-state index in [1.54, 1.807) is 12.1 Å². The predicted molar refractivity (Wildman–Crippen MR) is 391 cm³/mol. The van der Waals surface area contributed by atoms with Gasteiger partial charge < -0.3 is 39.9 Å². The number of hydrogen-bond acceptors (Lipinski definition) is 8. The molecule has 2 aliphatic heterocycles. The largest absolute Gasteiger partial charge is 0.508 e. The van der Waals surface area contributed by atoms with Gasteiger partial charge in [0.15, 0.2) is 0 Å². The lowest BCUT2D eigenvalue weighted by molar-refractivity contribution is 0.122. The maximum absolute atomic E-state index is 9.82. The van der Waals surface area contributed by atoms with Crippen molar-refractivity contribution in [3.63, 3.8) is 0 Å². The Labute approximate surface area is 562 Å². The van der Waals surface area contributed by atoms with Gasteiger partial charge in [-0.1, -0.05) is 214 Å². The number of phenolic OH excluding ortho intramolecular Hbond substituents is 1. The highest BCUT2D eigenvalue weighted by Gasteiger charge is 2.22. The van der Waals surface area contributed by atoms with Crippen molar-refractivity contribution in [2.24, 2.45) is 0 Å². The zero-order chi connectivity index (χ0) is 63.9. The van der Waals surface area contributed by atoms with Gasteiger partial charge in [0.05, 0.1) is 13.2 Å². The van der Waals surface area contributed by atoms with Crippen LogP contribution < -0.4 is 9.80 Å². The molecule has 3 fully saturated rings. The summed E-state index contributed by atoms with van der Waals surface area (Å²) in [5.74, 6) is 0.995. The molecule has 1 aliphatic carbocycles. The predicted octanol–water partition coefficient (Wildman–Crippen LogP) is 18.3. The monoisotopic (exact) mass is 1350 g/mol. The average Bonchev–Trinajstić information content (AvgIpc) is 0.882. The lowest BCUT2D eigenvalue weighted by atomic mass is 9.79. The van der Waals surface area contributed by atoms with Gasteiger partial charge in [0.1, 0.15) is 5.75 Å². The van der Waals surface area contributed by atoms with Gasteiger partial charge in [-0.15, -0.1) is 0 Å². The lowest BCUT2D eigenvalue weighted by Gasteiger charge is -2.34. The third kappa shape index (κ3) is 18.4. The Balaban J connectivity index is 0.000000151. The molecule has 0 atom stereocenters. The summed E-state index contributed by atoms with van der Waals surface area (Å²) in [6.07, 6.45) is 8.62. The molecule has 0 amide bonds. The maximum Gasteiger partial charge on any atom is 0.115 e. The van der Waals surface area contributed by atoms with Gasteiger partial charge in [-0.2, -0.15) is 0 Å². The van der Waals surface area contributed by atoms with Crippen LogP contribution in [0.15, 0.2) is 246 Å². The van der Waals surface area contributed by atoms with Crippen molar-refractivity contribution < 1.29 is 25.2 Å². The van der Waals surface area contributed by atoms with E-state index < -0.39 is 0 Å². The normalized spacial score (nSPS) is 15.2. The van der Waals surface area contributed by atoms with Crippen LogP contribution in [0.1, 0.15) is 119 Å². The number of aromatic hydroxyl groups is 1.